The van der Waals surface area contributed by atoms with Crippen molar-refractivity contribution in [1.29, 1.82) is 0 Å². The van der Waals surface area contributed by atoms with Crippen LogP contribution in [0.5, 0.6) is 0 Å². The van der Waals surface area contributed by atoms with Gasteiger partial charge in [-0.1, -0.05) is 24.3 Å². The van der Waals surface area contributed by atoms with E-state index in [9.17, 15) is 29.8 Å². The number of benzene rings is 4. The first-order valence-electron chi connectivity index (χ1n) is 21.1. The van der Waals surface area contributed by atoms with Crippen molar-refractivity contribution in [2.24, 2.45) is 4.99 Å². The van der Waals surface area contributed by atoms with Crippen molar-refractivity contribution in [3.63, 3.8) is 0 Å². The van der Waals surface area contributed by atoms with E-state index in [2.05, 4.69) is 61.4 Å². The molecule has 0 aliphatic carbocycles. The highest BCUT2D eigenvalue weighted by Crippen LogP contribution is 2.31. The molecule has 10 rings (SSSR count). The number of anilines is 5. The van der Waals surface area contributed by atoms with Crippen molar-refractivity contribution in [2.75, 3.05) is 78.8 Å². The van der Waals surface area contributed by atoms with Crippen LogP contribution in [0.25, 0.3) is 44.6 Å². The SMILES string of the molecule is Nc1ccc(-c2cc3c(N4CCOCC4)ncnc3[nH]2)cc1.O=C(Nc1ccc(-c2cc3c(N4CCOCC4)ncnc3[nH]2)cc1)Nc1ccc([N+](=O)[O-])cc1.O=C=Nc1ccc([N+](=O)[O-])cc1. The van der Waals surface area contributed by atoms with Gasteiger partial charge in [-0.2, -0.15) is 4.99 Å². The van der Waals surface area contributed by atoms with Crippen LogP contribution in [-0.4, -0.2) is 104 Å². The van der Waals surface area contributed by atoms with Crippen LogP contribution in [0.4, 0.5) is 50.6 Å². The molecule has 0 saturated carbocycles. The van der Waals surface area contributed by atoms with Gasteiger partial charge in [0.05, 0.1) is 52.7 Å². The molecule has 6 heterocycles. The van der Waals surface area contributed by atoms with Gasteiger partial charge in [-0.25, -0.2) is 29.5 Å². The summed E-state index contributed by atoms with van der Waals surface area (Å²) in [5.74, 6) is 1.85. The molecular weight excluding hydrogens is 877 g/mol. The van der Waals surface area contributed by atoms with Crippen LogP contribution in [0.3, 0.4) is 0 Å². The number of nitro groups is 2. The number of amides is 2. The molecule has 68 heavy (non-hydrogen) atoms. The number of aromatic amines is 2. The lowest BCUT2D eigenvalue weighted by Gasteiger charge is -2.27. The van der Waals surface area contributed by atoms with E-state index in [4.69, 9.17) is 15.2 Å². The summed E-state index contributed by atoms with van der Waals surface area (Å²) in [5, 5.41) is 28.3. The van der Waals surface area contributed by atoms with Crippen molar-refractivity contribution in [2.45, 2.75) is 0 Å². The molecule has 2 aliphatic heterocycles. The lowest BCUT2D eigenvalue weighted by Crippen LogP contribution is -2.36. The monoisotopic (exact) mass is 918 g/mol. The number of hydrogen-bond donors (Lipinski definition) is 5. The molecule has 0 bridgehead atoms. The van der Waals surface area contributed by atoms with Gasteiger partial charge >= 0.3 is 6.03 Å². The number of aliphatic imine (C=N–C) groups is 1. The Hall–Kier alpha value is -9.11. The van der Waals surface area contributed by atoms with E-state index in [1.165, 1.54) is 54.6 Å². The number of nitrogen functional groups attached to an aromatic ring is 1. The molecule has 0 unspecified atom stereocenters. The van der Waals surface area contributed by atoms with Crippen LogP contribution in [0.15, 0.2) is 127 Å². The molecule has 8 aromatic rings. The second-order valence-electron chi connectivity index (χ2n) is 15.0. The highest BCUT2D eigenvalue weighted by molar-refractivity contribution is 6.00. The minimum absolute atomic E-state index is 0.0279. The van der Waals surface area contributed by atoms with Gasteiger partial charge < -0.3 is 45.6 Å². The van der Waals surface area contributed by atoms with Gasteiger partial charge in [-0.3, -0.25) is 20.2 Å². The number of H-pyrrole nitrogens is 2. The quantitative estimate of drug-likeness (QED) is 0.0306. The Bertz CT molecular complexity index is 3050. The molecule has 4 aromatic carbocycles. The zero-order chi connectivity index (χ0) is 47.4. The third kappa shape index (κ3) is 11.2. The van der Waals surface area contributed by atoms with E-state index in [1.807, 2.05) is 42.5 Å². The molecule has 0 spiro atoms. The molecule has 344 valence electrons. The first-order valence-corrected chi connectivity index (χ1v) is 21.1. The summed E-state index contributed by atoms with van der Waals surface area (Å²) in [6.07, 6.45) is 4.50. The average Bonchev–Trinajstić information content (AvgIpc) is 4.02. The number of nitrogens with zero attached hydrogens (tertiary/aromatic N) is 9. The summed E-state index contributed by atoms with van der Waals surface area (Å²) in [4.78, 5) is 74.0. The zero-order valence-electron chi connectivity index (χ0n) is 36.1. The van der Waals surface area contributed by atoms with Gasteiger partial charge in [0.15, 0.2) is 0 Å². The molecular formula is C46H42N14O8. The molecule has 2 saturated heterocycles. The molecule has 4 aromatic heterocycles. The van der Waals surface area contributed by atoms with Crippen LogP contribution in [-0.2, 0) is 14.3 Å². The third-order valence-corrected chi connectivity index (χ3v) is 10.7. The normalized spacial score (nSPS) is 13.3. The Balaban J connectivity index is 0.000000156. The number of nitrogens with two attached hydrogens (primary N) is 1. The minimum Gasteiger partial charge on any atom is -0.399 e. The topological polar surface area (TPSA) is 291 Å². The highest BCUT2D eigenvalue weighted by Gasteiger charge is 2.19. The number of morpholine rings is 2. The number of hydrogen-bond acceptors (Lipinski definition) is 16. The summed E-state index contributed by atoms with van der Waals surface area (Å²) < 4.78 is 10.9. The predicted molar refractivity (Wildman–Crippen MR) is 256 cm³/mol. The van der Waals surface area contributed by atoms with Gasteiger partial charge in [-0.05, 0) is 71.8 Å². The van der Waals surface area contributed by atoms with E-state index in [-0.39, 0.29) is 11.4 Å². The van der Waals surface area contributed by atoms with Gasteiger partial charge in [0.1, 0.15) is 35.6 Å². The van der Waals surface area contributed by atoms with E-state index < -0.39 is 15.9 Å². The Morgan fingerprint density at radius 3 is 1.47 bits per heavy atom. The van der Waals surface area contributed by atoms with Crippen molar-refractivity contribution in [3.05, 3.63) is 142 Å². The number of aromatic nitrogens is 6. The Morgan fingerprint density at radius 2 is 1.04 bits per heavy atom. The fourth-order valence-corrected chi connectivity index (χ4v) is 7.28. The molecule has 2 fully saturated rings. The molecule has 22 nitrogen and oxygen atoms in total. The van der Waals surface area contributed by atoms with E-state index in [1.54, 1.807) is 24.8 Å². The van der Waals surface area contributed by atoms with Gasteiger partial charge in [-0.15, -0.1) is 0 Å². The maximum absolute atomic E-state index is 12.3. The Morgan fingerprint density at radius 1 is 0.632 bits per heavy atom. The summed E-state index contributed by atoms with van der Waals surface area (Å²) in [6.45, 7) is 6.11. The maximum Gasteiger partial charge on any atom is 0.323 e. The van der Waals surface area contributed by atoms with Gasteiger partial charge in [0.25, 0.3) is 11.4 Å². The number of carbonyl (C=O) groups is 1. The van der Waals surface area contributed by atoms with E-state index >= 15 is 0 Å². The third-order valence-electron chi connectivity index (χ3n) is 10.7. The molecule has 6 N–H and O–H groups in total. The number of carbonyl (C=O) groups excluding carboxylic acids is 2. The Labute approximate surface area is 386 Å². The Kier molecular flexibility index (Phi) is 14.2. The van der Waals surface area contributed by atoms with E-state index in [0.717, 1.165) is 101 Å². The van der Waals surface area contributed by atoms with Crippen molar-refractivity contribution in [3.8, 4) is 22.5 Å². The first-order chi connectivity index (χ1) is 33.1. The second kappa shape index (κ2) is 21.3. The number of nitrogens with one attached hydrogen (secondary N) is 4. The standard InChI is InChI=1S/C23H21N7O4.C16H17N5O.C7H4N2O3/c31-23(27-17-5-7-18(8-6-17)30(32)33)26-16-3-1-15(2-4-16)20-13-19-21(28-20)24-14-25-22(19)29-9-11-34-12-10-29;17-12-3-1-11(2-4-12)14-9-13-15(20-14)18-10-19-16(13)21-5-7-22-8-6-21;10-5-8-6-1-3-7(4-2-6)9(11)12/h1-8,13-14H,9-12H2,(H,24,25,28)(H2,26,27,31);1-4,9-10H,5-8,17H2,(H,18,19,20);1-4H. The van der Waals surface area contributed by atoms with Crippen LogP contribution in [0.2, 0.25) is 0 Å². The summed E-state index contributed by atoms with van der Waals surface area (Å²) >= 11 is 0. The van der Waals surface area contributed by atoms with E-state index in [0.29, 0.717) is 30.3 Å². The van der Waals surface area contributed by atoms with Gasteiger partial charge in [0, 0.05) is 78.9 Å². The molecule has 0 radical (unpaired) electrons. The van der Waals surface area contributed by atoms with Gasteiger partial charge in [0.2, 0.25) is 6.08 Å². The number of nitro benzene ring substituents is 2. The molecule has 0 atom stereocenters. The molecule has 2 aliphatic rings. The highest BCUT2D eigenvalue weighted by atomic mass is 16.6. The number of rotatable bonds is 9. The fourth-order valence-electron chi connectivity index (χ4n) is 7.28. The lowest BCUT2D eigenvalue weighted by molar-refractivity contribution is -0.385. The van der Waals surface area contributed by atoms with Crippen molar-refractivity contribution in [1.82, 2.24) is 29.9 Å². The fraction of sp³-hybridized carbons (Fsp3) is 0.174. The minimum atomic E-state index is -0.519. The lowest BCUT2D eigenvalue weighted by atomic mass is 10.1. The van der Waals surface area contributed by atoms with Crippen LogP contribution >= 0.6 is 0 Å². The number of ether oxygens (including phenoxy) is 2. The van der Waals surface area contributed by atoms with Crippen molar-refractivity contribution >= 4 is 79.9 Å². The van der Waals surface area contributed by atoms with Crippen LogP contribution < -0.4 is 26.2 Å². The first kappa shape index (κ1) is 45.5. The van der Waals surface area contributed by atoms with Crippen molar-refractivity contribution < 1.29 is 28.9 Å². The molecule has 22 heteroatoms. The maximum atomic E-state index is 12.3. The van der Waals surface area contributed by atoms with Crippen LogP contribution in [0.1, 0.15) is 0 Å². The second-order valence-corrected chi connectivity index (χ2v) is 15.0. The number of urea groups is 1. The largest absolute Gasteiger partial charge is 0.399 e. The number of isocyanates is 1. The average molecular weight is 919 g/mol. The summed E-state index contributed by atoms with van der Waals surface area (Å²) in [7, 11) is 0. The molecule has 2 amide bonds. The predicted octanol–water partition coefficient (Wildman–Crippen LogP) is 7.62. The summed E-state index contributed by atoms with van der Waals surface area (Å²) in [5.41, 5.74) is 13.4. The zero-order valence-corrected chi connectivity index (χ0v) is 36.1. The number of fused-ring (bicyclic) bond motifs is 2. The smallest absolute Gasteiger partial charge is 0.323 e. The summed E-state index contributed by atoms with van der Waals surface area (Å²) in [6, 6.07) is 29.8. The van der Waals surface area contributed by atoms with Crippen LogP contribution in [0, 0.1) is 20.2 Å². The number of non-ortho nitro benzene ring substituents is 2.